The van der Waals surface area contributed by atoms with Gasteiger partial charge in [-0.1, -0.05) is 0 Å². The summed E-state index contributed by atoms with van der Waals surface area (Å²) in [5, 5.41) is 6.84. The molecule has 0 unspecified atom stereocenters. The van der Waals surface area contributed by atoms with Crippen molar-refractivity contribution in [3.8, 4) is 17.0 Å². The van der Waals surface area contributed by atoms with Crippen LogP contribution < -0.4 is 10.1 Å². The minimum Gasteiger partial charge on any atom is -0.479 e. The molecule has 40 heavy (non-hydrogen) atoms. The molecule has 5 heterocycles. The van der Waals surface area contributed by atoms with Gasteiger partial charge in [0.15, 0.2) is 11.6 Å². The van der Waals surface area contributed by atoms with Crippen molar-refractivity contribution in [1.29, 1.82) is 0 Å². The van der Waals surface area contributed by atoms with Crippen LogP contribution in [0.5, 0.6) is 5.88 Å². The molecule has 2 fully saturated rings. The van der Waals surface area contributed by atoms with Crippen molar-refractivity contribution in [2.24, 2.45) is 0 Å². The molecule has 1 atom stereocenters. The number of ether oxygens (including phenoxy) is 2. The molecular weight excluding hydrogens is 544 g/mol. The maximum Gasteiger partial charge on any atom is 0.280 e. The fourth-order valence-electron chi connectivity index (χ4n) is 5.36. The zero-order valence-corrected chi connectivity index (χ0v) is 21.5. The number of piperidine rings is 1. The van der Waals surface area contributed by atoms with Crippen molar-refractivity contribution in [2.75, 3.05) is 38.7 Å². The average Bonchev–Trinajstić information content (AvgIpc) is 3.34. The smallest absolute Gasteiger partial charge is 0.280 e. The highest BCUT2D eigenvalue weighted by atomic mass is 19.3. The van der Waals surface area contributed by atoms with Gasteiger partial charge in [-0.25, -0.2) is 35.8 Å². The van der Waals surface area contributed by atoms with E-state index in [1.54, 1.807) is 4.90 Å². The summed E-state index contributed by atoms with van der Waals surface area (Å²) in [7, 11) is 1.26. The Hall–Kier alpha value is -3.59. The number of methoxy groups -OCH3 is 1. The molecule has 0 radical (unpaired) electrons. The van der Waals surface area contributed by atoms with E-state index in [4.69, 9.17) is 9.47 Å². The third-order valence-corrected chi connectivity index (χ3v) is 7.42. The maximum absolute atomic E-state index is 15.4. The lowest BCUT2D eigenvalue weighted by molar-refractivity contribution is -0.131. The molecule has 214 valence electrons. The normalized spacial score (nSPS) is 20.0. The molecule has 2 aliphatic heterocycles. The molecule has 0 saturated carbocycles. The van der Waals surface area contributed by atoms with E-state index in [0.29, 0.717) is 19.8 Å². The van der Waals surface area contributed by atoms with Crippen LogP contribution in [-0.2, 0) is 11.3 Å². The lowest BCUT2D eigenvalue weighted by Gasteiger charge is -2.44. The Bertz CT molecular complexity index is 1590. The molecule has 2 saturated heterocycles. The van der Waals surface area contributed by atoms with Gasteiger partial charge in [0, 0.05) is 6.54 Å². The van der Waals surface area contributed by atoms with E-state index in [0.717, 1.165) is 21.3 Å². The minimum absolute atomic E-state index is 0.00695. The van der Waals surface area contributed by atoms with Crippen LogP contribution in [0.1, 0.15) is 12.2 Å². The van der Waals surface area contributed by atoms with Gasteiger partial charge in [-0.3, -0.25) is 4.90 Å². The Morgan fingerprint density at radius 2 is 1.95 bits per heavy atom. The number of fused-ring (bicyclic) bond motifs is 2. The van der Waals surface area contributed by atoms with Crippen LogP contribution in [0, 0.1) is 18.6 Å². The number of aryl methyl sites for hydroxylation is 1. The molecule has 0 spiro atoms. The quantitative estimate of drug-likeness (QED) is 0.336. The summed E-state index contributed by atoms with van der Waals surface area (Å²) in [5.74, 6) is -4.94. The van der Waals surface area contributed by atoms with Crippen molar-refractivity contribution in [1.82, 2.24) is 29.0 Å². The van der Waals surface area contributed by atoms with E-state index in [-0.39, 0.29) is 57.8 Å². The maximum atomic E-state index is 15.4. The summed E-state index contributed by atoms with van der Waals surface area (Å²) in [6, 6.07) is 1.09. The summed E-state index contributed by atoms with van der Waals surface area (Å²) in [6.45, 7) is 1.59. The van der Waals surface area contributed by atoms with E-state index in [1.807, 2.05) is 0 Å². The Labute approximate surface area is 223 Å². The summed E-state index contributed by atoms with van der Waals surface area (Å²) < 4.78 is 99.5. The van der Waals surface area contributed by atoms with E-state index in [2.05, 4.69) is 20.4 Å². The SMILES string of the molecule is COc1nc(N[C@@H]2CCN(C3COC3)CC2(F)F)nn2cc(F)c(-c3cc(F)c4nc(C)n(CC(F)F)c4c3)c12. The number of aromatic nitrogens is 5. The highest BCUT2D eigenvalue weighted by Gasteiger charge is 2.47. The van der Waals surface area contributed by atoms with Gasteiger partial charge in [-0.2, -0.15) is 4.98 Å². The molecule has 1 N–H and O–H groups in total. The fraction of sp³-hybridized carbons (Fsp3) is 0.480. The monoisotopic (exact) mass is 569 g/mol. The molecule has 9 nitrogen and oxygen atoms in total. The number of halogens is 6. The number of benzene rings is 1. The zero-order valence-electron chi connectivity index (χ0n) is 21.5. The van der Waals surface area contributed by atoms with Crippen molar-refractivity contribution >= 4 is 22.5 Å². The summed E-state index contributed by atoms with van der Waals surface area (Å²) in [6.07, 6.45) is -1.62. The Morgan fingerprint density at radius 3 is 2.60 bits per heavy atom. The first kappa shape index (κ1) is 26.6. The first-order valence-corrected chi connectivity index (χ1v) is 12.6. The molecule has 6 rings (SSSR count). The predicted molar refractivity (Wildman–Crippen MR) is 132 cm³/mol. The lowest BCUT2D eigenvalue weighted by Crippen LogP contribution is -2.61. The number of hydrogen-bond donors (Lipinski definition) is 1. The van der Waals surface area contributed by atoms with Gasteiger partial charge in [0.2, 0.25) is 11.8 Å². The highest BCUT2D eigenvalue weighted by molar-refractivity contribution is 5.90. The summed E-state index contributed by atoms with van der Waals surface area (Å²) >= 11 is 0. The van der Waals surface area contributed by atoms with Crippen LogP contribution in [0.4, 0.5) is 32.3 Å². The number of nitrogens with one attached hydrogen (secondary N) is 1. The molecule has 3 aromatic heterocycles. The largest absolute Gasteiger partial charge is 0.479 e. The van der Waals surface area contributed by atoms with Crippen molar-refractivity contribution < 1.29 is 35.8 Å². The van der Waals surface area contributed by atoms with Gasteiger partial charge >= 0.3 is 0 Å². The molecule has 0 aliphatic carbocycles. The zero-order chi connectivity index (χ0) is 28.3. The third kappa shape index (κ3) is 4.50. The van der Waals surface area contributed by atoms with Gasteiger partial charge in [0.25, 0.3) is 12.3 Å². The van der Waals surface area contributed by atoms with Gasteiger partial charge in [0.05, 0.1) is 62.8 Å². The van der Waals surface area contributed by atoms with Crippen LogP contribution >= 0.6 is 0 Å². The second kappa shape index (κ2) is 9.80. The van der Waals surface area contributed by atoms with Gasteiger partial charge in [-0.15, -0.1) is 5.10 Å². The van der Waals surface area contributed by atoms with Crippen molar-refractivity contribution in [3.63, 3.8) is 0 Å². The lowest BCUT2D eigenvalue weighted by atomic mass is 9.98. The molecule has 1 aromatic carbocycles. The molecule has 0 bridgehead atoms. The molecule has 2 aliphatic rings. The third-order valence-electron chi connectivity index (χ3n) is 7.42. The minimum atomic E-state index is -3.10. The standard InChI is InChI=1S/C25H25F6N7O2/c1-12-32-21-15(26)5-13(6-17(21)37(12)8-19(28)29)20-16(27)7-38-22(20)23(39-2)34-24(35-38)33-18-3-4-36(11-25(18,30)31)14-9-40-10-14/h5-7,14,18-19H,3-4,8-11H2,1-2H3,(H,33,35)/t18-/m1/s1. The number of rotatable bonds is 7. The van der Waals surface area contributed by atoms with Crippen LogP contribution in [-0.4, -0.2) is 86.9 Å². The summed E-state index contributed by atoms with van der Waals surface area (Å²) in [5.41, 5.74) is -0.188. The Morgan fingerprint density at radius 1 is 1.18 bits per heavy atom. The van der Waals surface area contributed by atoms with Gasteiger partial charge in [-0.05, 0) is 31.0 Å². The predicted octanol–water partition coefficient (Wildman–Crippen LogP) is 4.13. The number of imidazole rings is 1. The number of hydrogen-bond acceptors (Lipinski definition) is 7. The van der Waals surface area contributed by atoms with Crippen LogP contribution in [0.2, 0.25) is 0 Å². The fourth-order valence-corrected chi connectivity index (χ4v) is 5.36. The Balaban J connectivity index is 1.37. The average molecular weight is 570 g/mol. The van der Waals surface area contributed by atoms with Crippen LogP contribution in [0.25, 0.3) is 27.7 Å². The molecule has 0 amide bonds. The molecule has 4 aromatic rings. The van der Waals surface area contributed by atoms with E-state index in [9.17, 15) is 8.78 Å². The van der Waals surface area contributed by atoms with Crippen molar-refractivity contribution in [3.05, 3.63) is 35.8 Å². The first-order valence-electron chi connectivity index (χ1n) is 12.6. The Kier molecular flexibility index (Phi) is 6.52. The second-order valence-electron chi connectivity index (χ2n) is 9.98. The summed E-state index contributed by atoms with van der Waals surface area (Å²) in [4.78, 5) is 9.93. The second-order valence-corrected chi connectivity index (χ2v) is 9.98. The van der Waals surface area contributed by atoms with Gasteiger partial charge in [0.1, 0.15) is 16.9 Å². The van der Waals surface area contributed by atoms with Crippen LogP contribution in [0.15, 0.2) is 18.3 Å². The molecular formula is C25H25F6N7O2. The van der Waals surface area contributed by atoms with E-state index < -0.39 is 43.1 Å². The topological polar surface area (TPSA) is 81.7 Å². The highest BCUT2D eigenvalue weighted by Crippen LogP contribution is 2.37. The van der Waals surface area contributed by atoms with Crippen LogP contribution in [0.3, 0.4) is 0 Å². The number of nitrogens with zero attached hydrogens (tertiary/aromatic N) is 6. The van der Waals surface area contributed by atoms with Gasteiger partial charge < -0.3 is 19.4 Å². The first-order chi connectivity index (χ1) is 19.1. The van der Waals surface area contributed by atoms with Crippen molar-refractivity contribution in [2.45, 2.75) is 44.3 Å². The number of anilines is 1. The van der Waals surface area contributed by atoms with E-state index in [1.165, 1.54) is 20.1 Å². The number of likely N-dealkylation sites (tertiary alicyclic amines) is 1. The number of alkyl halides is 4. The molecule has 15 heteroatoms. The van der Waals surface area contributed by atoms with E-state index >= 15 is 17.6 Å².